The van der Waals surface area contributed by atoms with Crippen molar-refractivity contribution in [2.45, 2.75) is 26.4 Å². The molecule has 19 heavy (non-hydrogen) atoms. The molecule has 0 spiro atoms. The fourth-order valence-corrected chi connectivity index (χ4v) is 1.70. The van der Waals surface area contributed by atoms with Gasteiger partial charge in [0.1, 0.15) is 0 Å². The number of carbonyl (C=O) groups excluding carboxylic acids is 1. The number of carbonyl (C=O) groups is 1. The van der Waals surface area contributed by atoms with Crippen LogP contribution in [0.25, 0.3) is 0 Å². The molecule has 0 aliphatic rings. The number of hydrogen-bond acceptors (Lipinski definition) is 2. The monoisotopic (exact) mass is 272 g/mol. The van der Waals surface area contributed by atoms with Gasteiger partial charge < -0.3 is 15.7 Å². The topological polar surface area (TPSA) is 61.4 Å². The minimum absolute atomic E-state index is 0.0862. The summed E-state index contributed by atoms with van der Waals surface area (Å²) in [5.74, 6) is -2.02. The molecule has 3 N–H and O–H groups in total. The molecule has 4 nitrogen and oxygen atoms in total. The minimum atomic E-state index is -1.09. The molecule has 0 fully saturated rings. The van der Waals surface area contributed by atoms with Crippen LogP contribution in [0.4, 0.5) is 19.3 Å². The van der Waals surface area contributed by atoms with E-state index >= 15 is 0 Å². The third-order valence-corrected chi connectivity index (χ3v) is 2.55. The molecular weight excluding hydrogens is 254 g/mol. The Kier molecular flexibility index (Phi) is 5.69. The van der Waals surface area contributed by atoms with Crippen LogP contribution in [0.3, 0.4) is 0 Å². The molecule has 1 aromatic carbocycles. The maximum atomic E-state index is 13.3. The van der Waals surface area contributed by atoms with Crippen LogP contribution in [0.2, 0.25) is 0 Å². The van der Waals surface area contributed by atoms with E-state index in [0.717, 1.165) is 6.07 Å². The van der Waals surface area contributed by atoms with Crippen LogP contribution in [0, 0.1) is 17.6 Å². The first-order chi connectivity index (χ1) is 8.90. The summed E-state index contributed by atoms with van der Waals surface area (Å²) in [4.78, 5) is 11.5. The van der Waals surface area contributed by atoms with Crippen molar-refractivity contribution in [1.82, 2.24) is 5.32 Å². The number of benzene rings is 1. The Morgan fingerprint density at radius 1 is 1.37 bits per heavy atom. The Morgan fingerprint density at radius 2 is 2.05 bits per heavy atom. The number of hydrogen-bond donors (Lipinski definition) is 3. The Bertz CT molecular complexity index is 439. The first-order valence-corrected chi connectivity index (χ1v) is 6.07. The van der Waals surface area contributed by atoms with E-state index in [9.17, 15) is 18.7 Å². The average molecular weight is 272 g/mol. The molecule has 2 amide bonds. The predicted molar refractivity (Wildman–Crippen MR) is 68.8 cm³/mol. The molecular formula is C13H18F2N2O2. The molecule has 0 saturated carbocycles. The highest BCUT2D eigenvalue weighted by molar-refractivity contribution is 5.89. The second-order valence-electron chi connectivity index (χ2n) is 4.63. The average Bonchev–Trinajstić information content (AvgIpc) is 2.32. The number of rotatable bonds is 5. The summed E-state index contributed by atoms with van der Waals surface area (Å²) in [6, 6.07) is 2.95. The van der Waals surface area contributed by atoms with Crippen LogP contribution in [-0.2, 0) is 0 Å². The number of urea groups is 1. The van der Waals surface area contributed by atoms with Crippen molar-refractivity contribution >= 4 is 11.7 Å². The van der Waals surface area contributed by atoms with E-state index in [1.54, 1.807) is 6.92 Å². The van der Waals surface area contributed by atoms with E-state index in [1.165, 1.54) is 12.1 Å². The zero-order valence-corrected chi connectivity index (χ0v) is 10.9. The van der Waals surface area contributed by atoms with E-state index in [0.29, 0.717) is 13.0 Å². The van der Waals surface area contributed by atoms with Crippen molar-refractivity contribution in [3.05, 3.63) is 29.8 Å². The van der Waals surface area contributed by atoms with Gasteiger partial charge in [0, 0.05) is 6.54 Å². The smallest absolute Gasteiger partial charge is 0.319 e. The third-order valence-electron chi connectivity index (χ3n) is 2.55. The van der Waals surface area contributed by atoms with E-state index in [4.69, 9.17) is 0 Å². The number of anilines is 1. The van der Waals surface area contributed by atoms with E-state index in [-0.39, 0.29) is 11.6 Å². The summed E-state index contributed by atoms with van der Waals surface area (Å²) in [6.45, 7) is 3.88. The van der Waals surface area contributed by atoms with Gasteiger partial charge >= 0.3 is 6.03 Å². The molecule has 0 heterocycles. The Hall–Kier alpha value is -1.69. The highest BCUT2D eigenvalue weighted by Crippen LogP contribution is 2.16. The molecule has 0 aliphatic heterocycles. The number of amides is 2. The van der Waals surface area contributed by atoms with Crippen LogP contribution in [0.1, 0.15) is 20.3 Å². The van der Waals surface area contributed by atoms with Crippen molar-refractivity contribution in [1.29, 1.82) is 0 Å². The Balaban J connectivity index is 2.45. The first kappa shape index (κ1) is 15.4. The molecule has 0 aromatic heterocycles. The third kappa shape index (κ3) is 5.21. The van der Waals surface area contributed by atoms with Gasteiger partial charge in [-0.15, -0.1) is 0 Å². The molecule has 106 valence electrons. The van der Waals surface area contributed by atoms with Crippen LogP contribution >= 0.6 is 0 Å². The van der Waals surface area contributed by atoms with E-state index in [2.05, 4.69) is 10.6 Å². The molecule has 2 unspecified atom stereocenters. The van der Waals surface area contributed by atoms with Gasteiger partial charge in [0.2, 0.25) is 0 Å². The van der Waals surface area contributed by atoms with Gasteiger partial charge in [-0.05, 0) is 31.4 Å². The molecule has 1 aromatic rings. The van der Waals surface area contributed by atoms with Crippen LogP contribution in [0.15, 0.2) is 18.2 Å². The lowest BCUT2D eigenvalue weighted by atomic mass is 10.1. The number of nitrogens with one attached hydrogen (secondary N) is 2. The molecule has 6 heteroatoms. The van der Waals surface area contributed by atoms with Crippen LogP contribution < -0.4 is 10.6 Å². The standard InChI is InChI=1S/C13H18F2N2O2/c1-8(6-9(2)18)7-16-13(19)17-11-5-3-4-10(14)12(11)15/h3-5,8-9,18H,6-7H2,1-2H3,(H2,16,17,19). The largest absolute Gasteiger partial charge is 0.393 e. The van der Waals surface area contributed by atoms with Gasteiger partial charge in [-0.2, -0.15) is 0 Å². The molecule has 0 bridgehead atoms. The molecule has 0 aliphatic carbocycles. The molecule has 1 rings (SSSR count). The maximum absolute atomic E-state index is 13.3. The predicted octanol–water partition coefficient (Wildman–Crippen LogP) is 2.49. The number of halogens is 2. The summed E-state index contributed by atoms with van der Waals surface area (Å²) in [7, 11) is 0. The summed E-state index contributed by atoms with van der Waals surface area (Å²) in [6.07, 6.45) is 0.106. The minimum Gasteiger partial charge on any atom is -0.393 e. The van der Waals surface area contributed by atoms with Crippen molar-refractivity contribution in [3.8, 4) is 0 Å². The lowest BCUT2D eigenvalue weighted by Gasteiger charge is -2.14. The van der Waals surface area contributed by atoms with Crippen molar-refractivity contribution in [3.63, 3.8) is 0 Å². The first-order valence-electron chi connectivity index (χ1n) is 6.07. The molecule has 2 atom stereocenters. The second-order valence-corrected chi connectivity index (χ2v) is 4.63. The van der Waals surface area contributed by atoms with Crippen molar-refractivity contribution in [2.75, 3.05) is 11.9 Å². The SMILES string of the molecule is CC(O)CC(C)CNC(=O)Nc1cccc(F)c1F. The lowest BCUT2D eigenvalue weighted by molar-refractivity contribution is 0.163. The fraction of sp³-hybridized carbons (Fsp3) is 0.462. The summed E-state index contributed by atoms with van der Waals surface area (Å²) in [5.41, 5.74) is -0.208. The quantitative estimate of drug-likeness (QED) is 0.771. The van der Waals surface area contributed by atoms with Gasteiger partial charge in [-0.1, -0.05) is 13.0 Å². The van der Waals surface area contributed by atoms with Crippen LogP contribution in [0.5, 0.6) is 0 Å². The van der Waals surface area contributed by atoms with Crippen LogP contribution in [-0.4, -0.2) is 23.8 Å². The second kappa shape index (κ2) is 7.04. The Morgan fingerprint density at radius 3 is 2.68 bits per heavy atom. The van der Waals surface area contributed by atoms with E-state index in [1.807, 2.05) is 6.92 Å². The summed E-state index contributed by atoms with van der Waals surface area (Å²) >= 11 is 0. The number of aliphatic hydroxyl groups is 1. The normalized spacial score (nSPS) is 13.7. The fourth-order valence-electron chi connectivity index (χ4n) is 1.70. The van der Waals surface area contributed by atoms with Gasteiger partial charge in [0.25, 0.3) is 0 Å². The number of aliphatic hydroxyl groups excluding tert-OH is 1. The summed E-state index contributed by atoms with van der Waals surface area (Å²) in [5, 5.41) is 13.9. The van der Waals surface area contributed by atoms with Gasteiger partial charge in [-0.3, -0.25) is 0 Å². The maximum Gasteiger partial charge on any atom is 0.319 e. The van der Waals surface area contributed by atoms with Gasteiger partial charge in [0.15, 0.2) is 11.6 Å². The van der Waals surface area contributed by atoms with Crippen molar-refractivity contribution < 1.29 is 18.7 Å². The van der Waals surface area contributed by atoms with E-state index < -0.39 is 23.8 Å². The highest BCUT2D eigenvalue weighted by atomic mass is 19.2. The zero-order chi connectivity index (χ0) is 14.4. The molecule has 0 saturated heterocycles. The van der Waals surface area contributed by atoms with Crippen molar-refractivity contribution in [2.24, 2.45) is 5.92 Å². The lowest BCUT2D eigenvalue weighted by Crippen LogP contribution is -2.33. The summed E-state index contributed by atoms with van der Waals surface area (Å²) < 4.78 is 26.2. The molecule has 0 radical (unpaired) electrons. The highest BCUT2D eigenvalue weighted by Gasteiger charge is 2.12. The van der Waals surface area contributed by atoms with Gasteiger partial charge in [0.05, 0.1) is 11.8 Å². The van der Waals surface area contributed by atoms with Gasteiger partial charge in [-0.25, -0.2) is 13.6 Å². The zero-order valence-electron chi connectivity index (χ0n) is 10.9. The Labute approximate surface area is 110 Å².